The van der Waals surface area contributed by atoms with Crippen molar-refractivity contribution < 1.29 is 0 Å². The summed E-state index contributed by atoms with van der Waals surface area (Å²) in [7, 11) is 0. The summed E-state index contributed by atoms with van der Waals surface area (Å²) in [5.74, 6) is 0. The van der Waals surface area contributed by atoms with Gasteiger partial charge in [-0.25, -0.2) is 0 Å². The maximum Gasteiger partial charge on any atom is 0.0425 e. The predicted octanol–water partition coefficient (Wildman–Crippen LogP) is 2.12. The van der Waals surface area contributed by atoms with Crippen molar-refractivity contribution in [2.45, 2.75) is 38.1 Å². The summed E-state index contributed by atoms with van der Waals surface area (Å²) in [6, 6.07) is 2.16. The van der Waals surface area contributed by atoms with Crippen LogP contribution in [0.3, 0.4) is 0 Å². The van der Waals surface area contributed by atoms with E-state index < -0.39 is 0 Å². The van der Waals surface area contributed by atoms with Gasteiger partial charge in [-0.15, -0.1) is 0 Å². The smallest absolute Gasteiger partial charge is 0.0425 e. The minimum atomic E-state index is -0.0843. The fourth-order valence-corrected chi connectivity index (χ4v) is 2.12. The van der Waals surface area contributed by atoms with Crippen LogP contribution in [0.2, 0.25) is 0 Å². The van der Waals surface area contributed by atoms with Gasteiger partial charge in [0.2, 0.25) is 0 Å². The second kappa shape index (κ2) is 3.11. The first-order valence-corrected chi connectivity index (χ1v) is 4.92. The van der Waals surface area contributed by atoms with Crippen LogP contribution in [0.25, 0.3) is 0 Å². The summed E-state index contributed by atoms with van der Waals surface area (Å²) >= 11 is 0. The fraction of sp³-hybridized carbons (Fsp3) is 0.545. The first-order valence-electron chi connectivity index (χ1n) is 4.92. The van der Waals surface area contributed by atoms with Gasteiger partial charge >= 0.3 is 0 Å². The molecule has 1 aliphatic carbocycles. The van der Waals surface area contributed by atoms with Gasteiger partial charge in [-0.3, -0.25) is 4.98 Å². The van der Waals surface area contributed by atoms with Crippen LogP contribution in [-0.2, 0) is 5.54 Å². The first-order chi connectivity index (χ1) is 6.21. The predicted molar refractivity (Wildman–Crippen MR) is 53.3 cm³/mol. The lowest BCUT2D eigenvalue weighted by Crippen LogP contribution is -2.33. The Balaban J connectivity index is 2.33. The topological polar surface area (TPSA) is 38.9 Å². The number of aromatic nitrogens is 1. The van der Waals surface area contributed by atoms with E-state index in [4.69, 9.17) is 5.73 Å². The number of hydrogen-bond donors (Lipinski definition) is 1. The Morgan fingerprint density at radius 1 is 1.31 bits per heavy atom. The fourth-order valence-electron chi connectivity index (χ4n) is 2.12. The van der Waals surface area contributed by atoms with Gasteiger partial charge in [0.1, 0.15) is 0 Å². The second-order valence-electron chi connectivity index (χ2n) is 4.11. The quantitative estimate of drug-likeness (QED) is 0.711. The van der Waals surface area contributed by atoms with E-state index in [0.29, 0.717) is 0 Å². The molecule has 0 unspecified atom stereocenters. The van der Waals surface area contributed by atoms with Crippen LogP contribution < -0.4 is 5.73 Å². The van der Waals surface area contributed by atoms with Crippen molar-refractivity contribution in [2.75, 3.05) is 0 Å². The molecule has 13 heavy (non-hydrogen) atoms. The molecular formula is C11H16N2. The van der Waals surface area contributed by atoms with Crippen molar-refractivity contribution in [1.82, 2.24) is 4.98 Å². The third kappa shape index (κ3) is 1.59. The molecule has 0 bridgehead atoms. The van der Waals surface area contributed by atoms with Crippen LogP contribution >= 0.6 is 0 Å². The highest BCUT2D eigenvalue weighted by Gasteiger charge is 2.31. The van der Waals surface area contributed by atoms with Crippen molar-refractivity contribution >= 4 is 0 Å². The van der Waals surface area contributed by atoms with E-state index in [-0.39, 0.29) is 5.54 Å². The van der Waals surface area contributed by atoms with Crippen LogP contribution in [0.1, 0.15) is 36.8 Å². The molecule has 2 heteroatoms. The van der Waals surface area contributed by atoms with Crippen LogP contribution in [0.4, 0.5) is 0 Å². The Morgan fingerprint density at radius 3 is 2.62 bits per heavy atom. The van der Waals surface area contributed by atoms with Gasteiger partial charge in [0.05, 0.1) is 0 Å². The Kier molecular flexibility index (Phi) is 2.08. The van der Waals surface area contributed by atoms with Crippen LogP contribution in [-0.4, -0.2) is 4.98 Å². The molecule has 2 nitrogen and oxygen atoms in total. The van der Waals surface area contributed by atoms with E-state index in [1.54, 1.807) is 0 Å². The highest BCUT2D eigenvalue weighted by Crippen LogP contribution is 2.35. The third-order valence-corrected chi connectivity index (χ3v) is 2.95. The number of hydrogen-bond acceptors (Lipinski definition) is 2. The standard InChI is InChI=1S/C11H16N2/c1-9-6-10(8-13-7-9)11(12)4-2-3-5-11/h6-8H,2-5,12H2,1H3. The Hall–Kier alpha value is -0.890. The van der Waals surface area contributed by atoms with Gasteiger partial charge in [0.15, 0.2) is 0 Å². The molecule has 0 saturated heterocycles. The minimum absolute atomic E-state index is 0.0843. The van der Waals surface area contributed by atoms with E-state index in [1.807, 2.05) is 12.4 Å². The maximum absolute atomic E-state index is 6.31. The lowest BCUT2D eigenvalue weighted by Gasteiger charge is -2.23. The molecule has 1 aromatic heterocycles. The molecule has 0 aromatic carbocycles. The molecule has 0 aliphatic heterocycles. The summed E-state index contributed by atoms with van der Waals surface area (Å²) in [5.41, 5.74) is 8.64. The molecule has 2 rings (SSSR count). The molecule has 0 atom stereocenters. The number of nitrogens with two attached hydrogens (primary N) is 1. The van der Waals surface area contributed by atoms with Gasteiger partial charge < -0.3 is 5.73 Å². The average Bonchev–Trinajstić information content (AvgIpc) is 2.54. The van der Waals surface area contributed by atoms with Crippen molar-refractivity contribution in [2.24, 2.45) is 5.73 Å². The summed E-state index contributed by atoms with van der Waals surface area (Å²) < 4.78 is 0. The molecule has 70 valence electrons. The number of aryl methyl sites for hydroxylation is 1. The van der Waals surface area contributed by atoms with E-state index >= 15 is 0 Å². The molecule has 1 aliphatic rings. The highest BCUT2D eigenvalue weighted by atomic mass is 14.8. The third-order valence-electron chi connectivity index (χ3n) is 2.95. The van der Waals surface area contributed by atoms with E-state index in [1.165, 1.54) is 24.0 Å². The molecule has 0 radical (unpaired) electrons. The summed E-state index contributed by atoms with van der Waals surface area (Å²) in [5, 5.41) is 0. The van der Waals surface area contributed by atoms with Crippen LogP contribution in [0, 0.1) is 6.92 Å². The van der Waals surface area contributed by atoms with Crippen LogP contribution in [0.15, 0.2) is 18.5 Å². The van der Waals surface area contributed by atoms with Crippen molar-refractivity contribution in [3.05, 3.63) is 29.6 Å². The molecule has 0 amide bonds. The molecule has 1 heterocycles. The SMILES string of the molecule is Cc1cncc(C2(N)CCCC2)c1. The van der Waals surface area contributed by atoms with Crippen molar-refractivity contribution in [3.63, 3.8) is 0 Å². The zero-order valence-electron chi connectivity index (χ0n) is 8.09. The Morgan fingerprint density at radius 2 is 2.00 bits per heavy atom. The number of rotatable bonds is 1. The average molecular weight is 176 g/mol. The summed E-state index contributed by atoms with van der Waals surface area (Å²) in [6.45, 7) is 2.06. The maximum atomic E-state index is 6.31. The van der Waals surface area contributed by atoms with E-state index in [9.17, 15) is 0 Å². The van der Waals surface area contributed by atoms with Gasteiger partial charge in [0.25, 0.3) is 0 Å². The molecule has 2 N–H and O–H groups in total. The monoisotopic (exact) mass is 176 g/mol. The van der Waals surface area contributed by atoms with Crippen LogP contribution in [0.5, 0.6) is 0 Å². The Labute approximate surface area is 79.2 Å². The second-order valence-corrected chi connectivity index (χ2v) is 4.11. The molecule has 1 aromatic rings. The zero-order valence-corrected chi connectivity index (χ0v) is 8.09. The van der Waals surface area contributed by atoms with E-state index in [0.717, 1.165) is 12.8 Å². The normalized spacial score (nSPS) is 20.5. The zero-order chi connectivity index (χ0) is 9.31. The van der Waals surface area contributed by atoms with Crippen molar-refractivity contribution in [3.8, 4) is 0 Å². The molecule has 0 spiro atoms. The largest absolute Gasteiger partial charge is 0.321 e. The number of nitrogens with zero attached hydrogens (tertiary/aromatic N) is 1. The minimum Gasteiger partial charge on any atom is -0.321 e. The lowest BCUT2D eigenvalue weighted by atomic mass is 9.90. The molecule has 1 fully saturated rings. The van der Waals surface area contributed by atoms with Gasteiger partial charge in [0, 0.05) is 17.9 Å². The van der Waals surface area contributed by atoms with Crippen molar-refractivity contribution in [1.29, 1.82) is 0 Å². The first kappa shape index (κ1) is 8.70. The lowest BCUT2D eigenvalue weighted by molar-refractivity contribution is 0.460. The molecule has 1 saturated carbocycles. The molecular weight excluding hydrogens is 160 g/mol. The van der Waals surface area contributed by atoms with Gasteiger partial charge in [-0.05, 0) is 30.9 Å². The highest BCUT2D eigenvalue weighted by molar-refractivity contribution is 5.25. The summed E-state index contributed by atoms with van der Waals surface area (Å²) in [6.07, 6.45) is 8.52. The number of pyridine rings is 1. The summed E-state index contributed by atoms with van der Waals surface area (Å²) in [4.78, 5) is 4.19. The van der Waals surface area contributed by atoms with Gasteiger partial charge in [-0.2, -0.15) is 0 Å². The Bertz CT molecular complexity index is 301. The van der Waals surface area contributed by atoms with Gasteiger partial charge in [-0.1, -0.05) is 18.9 Å². The van der Waals surface area contributed by atoms with E-state index in [2.05, 4.69) is 18.0 Å².